The highest BCUT2D eigenvalue weighted by molar-refractivity contribution is 6.34. The number of anilines is 2. The number of piperazine rings is 1. The van der Waals surface area contributed by atoms with Crippen molar-refractivity contribution in [1.82, 2.24) is 44.6 Å². The fraction of sp³-hybridized carbons (Fsp3) is 0.414. The number of nitrogens with one attached hydrogen (secondary N) is 3. The quantitative estimate of drug-likeness (QED) is 0.230. The maximum Gasteiger partial charge on any atom is 0.435 e. The van der Waals surface area contributed by atoms with E-state index < -0.39 is 30.4 Å². The minimum atomic E-state index is -4.90. The second-order valence-electron chi connectivity index (χ2n) is 11.3. The minimum absolute atomic E-state index is 0.0240. The Morgan fingerprint density at radius 2 is 1.91 bits per heavy atom. The van der Waals surface area contributed by atoms with Crippen molar-refractivity contribution in [3.05, 3.63) is 59.3 Å². The van der Waals surface area contributed by atoms with Gasteiger partial charge in [0.15, 0.2) is 17.2 Å². The summed E-state index contributed by atoms with van der Waals surface area (Å²) in [6, 6.07) is 4.85. The fourth-order valence-electron chi connectivity index (χ4n) is 5.70. The van der Waals surface area contributed by atoms with Gasteiger partial charge in [-0.05, 0) is 31.2 Å². The van der Waals surface area contributed by atoms with Crippen LogP contribution in [0.1, 0.15) is 22.5 Å². The molecule has 0 spiro atoms. The topological polar surface area (TPSA) is 125 Å². The Hall–Kier alpha value is -4.35. The molecule has 0 saturated carbocycles. The molecule has 0 aliphatic carbocycles. The Balaban J connectivity index is 1.13. The lowest BCUT2D eigenvalue weighted by Gasteiger charge is -2.34. The van der Waals surface area contributed by atoms with Gasteiger partial charge < -0.3 is 20.9 Å². The van der Waals surface area contributed by atoms with Gasteiger partial charge in [-0.15, -0.1) is 0 Å². The van der Waals surface area contributed by atoms with Crippen molar-refractivity contribution in [3.8, 4) is 11.3 Å². The van der Waals surface area contributed by atoms with Crippen molar-refractivity contribution in [3.63, 3.8) is 0 Å². The van der Waals surface area contributed by atoms with E-state index in [0.29, 0.717) is 36.5 Å². The number of carbonyl (C=O) groups excluding carboxylic acids is 2. The van der Waals surface area contributed by atoms with Crippen LogP contribution in [0.25, 0.3) is 16.9 Å². The third-order valence-electron chi connectivity index (χ3n) is 7.97. The zero-order chi connectivity index (χ0) is 33.3. The Kier molecular flexibility index (Phi) is 9.29. The summed E-state index contributed by atoms with van der Waals surface area (Å²) in [4.78, 5) is 37.8. The van der Waals surface area contributed by atoms with E-state index in [1.165, 1.54) is 29.1 Å². The van der Waals surface area contributed by atoms with E-state index in [0.717, 1.165) is 25.7 Å². The van der Waals surface area contributed by atoms with Gasteiger partial charge in [0, 0.05) is 63.0 Å². The normalized spacial score (nSPS) is 17.5. The van der Waals surface area contributed by atoms with Crippen LogP contribution in [0.15, 0.2) is 43.0 Å². The van der Waals surface area contributed by atoms with Gasteiger partial charge in [0.1, 0.15) is 6.54 Å². The van der Waals surface area contributed by atoms with Gasteiger partial charge in [0.25, 0.3) is 12.3 Å². The number of benzene rings is 1. The Labute approximate surface area is 269 Å². The highest BCUT2D eigenvalue weighted by Gasteiger charge is 2.38. The number of hydrogen-bond donors (Lipinski definition) is 3. The number of hydrogen-bond acceptors (Lipinski definition) is 8. The number of rotatable bonds is 9. The van der Waals surface area contributed by atoms with Gasteiger partial charge in [0.2, 0.25) is 5.91 Å². The molecule has 2 saturated heterocycles. The largest absolute Gasteiger partial charge is 0.435 e. The molecule has 3 aromatic heterocycles. The van der Waals surface area contributed by atoms with Crippen LogP contribution in [-0.2, 0) is 17.5 Å². The summed E-state index contributed by atoms with van der Waals surface area (Å²) in [6.07, 6.45) is -2.07. The van der Waals surface area contributed by atoms with Crippen LogP contribution in [0.5, 0.6) is 0 Å². The maximum atomic E-state index is 13.8. The first-order valence-corrected chi connectivity index (χ1v) is 15.2. The second-order valence-corrected chi connectivity index (χ2v) is 11.7. The van der Waals surface area contributed by atoms with Crippen molar-refractivity contribution in [2.75, 3.05) is 51.1 Å². The standard InChI is InChI=1S/C29H30ClF5N10O2/c30-21-11-17(1-2-19(21)28(47)43-9-7-42(8-10-43)16-24(46)39-18-3-4-36-12-18)40-26-27-38-13-22(45(27)6-5-37-26)20-14-44(15-23(31)32)41-25(20)29(33,34)35/h1-2,5-6,11,13-14,18,23,36H,3-4,7-10,12,15-16H2,(H,37,40)(H,39,46). The number of carbonyl (C=O) groups is 2. The lowest BCUT2D eigenvalue weighted by molar-refractivity contribution is -0.141. The predicted octanol–water partition coefficient (Wildman–Crippen LogP) is 3.51. The lowest BCUT2D eigenvalue weighted by atomic mass is 10.1. The lowest BCUT2D eigenvalue weighted by Crippen LogP contribution is -2.52. The van der Waals surface area contributed by atoms with Gasteiger partial charge in [-0.2, -0.15) is 18.3 Å². The third-order valence-corrected chi connectivity index (χ3v) is 8.29. The van der Waals surface area contributed by atoms with Crippen LogP contribution in [-0.4, -0.2) is 104 Å². The number of alkyl halides is 5. The van der Waals surface area contributed by atoms with Crippen LogP contribution in [0.4, 0.5) is 33.5 Å². The monoisotopic (exact) mass is 680 g/mol. The fourth-order valence-corrected chi connectivity index (χ4v) is 5.96. The molecule has 47 heavy (non-hydrogen) atoms. The predicted molar refractivity (Wildman–Crippen MR) is 162 cm³/mol. The molecule has 6 rings (SSSR count). The molecule has 4 aromatic rings. The van der Waals surface area contributed by atoms with E-state index >= 15 is 0 Å². The van der Waals surface area contributed by atoms with E-state index in [1.54, 1.807) is 17.0 Å². The highest BCUT2D eigenvalue weighted by Crippen LogP contribution is 2.37. The van der Waals surface area contributed by atoms with Gasteiger partial charge >= 0.3 is 6.18 Å². The Bertz CT molecular complexity index is 1760. The second kappa shape index (κ2) is 13.4. The molecular formula is C29H30ClF5N10O2. The molecule has 1 unspecified atom stereocenters. The van der Waals surface area contributed by atoms with Crippen molar-refractivity contribution in [1.29, 1.82) is 0 Å². The van der Waals surface area contributed by atoms with Crippen LogP contribution in [0.2, 0.25) is 5.02 Å². The summed E-state index contributed by atoms with van der Waals surface area (Å²) >= 11 is 6.52. The SMILES string of the molecule is O=C(CN1CCN(C(=O)c2ccc(Nc3nccn4c(-c5cn(CC(F)F)nc5C(F)(F)F)cnc34)cc2Cl)CC1)NC1CCNC1. The van der Waals surface area contributed by atoms with Crippen molar-refractivity contribution in [2.24, 2.45) is 0 Å². The Morgan fingerprint density at radius 3 is 2.60 bits per heavy atom. The molecule has 250 valence electrons. The molecule has 2 amide bonds. The number of imidazole rings is 1. The van der Waals surface area contributed by atoms with E-state index in [4.69, 9.17) is 11.6 Å². The molecule has 2 aliphatic rings. The van der Waals surface area contributed by atoms with E-state index in [-0.39, 0.29) is 52.1 Å². The Morgan fingerprint density at radius 1 is 1.13 bits per heavy atom. The molecule has 0 bridgehead atoms. The molecule has 2 fully saturated rings. The number of amides is 2. The number of aromatic nitrogens is 5. The molecule has 18 heteroatoms. The summed E-state index contributed by atoms with van der Waals surface area (Å²) < 4.78 is 68.9. The molecule has 3 N–H and O–H groups in total. The average molecular weight is 681 g/mol. The molecule has 12 nitrogen and oxygen atoms in total. The summed E-state index contributed by atoms with van der Waals surface area (Å²) in [6.45, 7) is 2.87. The van der Waals surface area contributed by atoms with Crippen LogP contribution in [0, 0.1) is 0 Å². The zero-order valence-corrected chi connectivity index (χ0v) is 25.5. The van der Waals surface area contributed by atoms with Gasteiger partial charge in [-0.25, -0.2) is 18.7 Å². The minimum Gasteiger partial charge on any atom is -0.351 e. The molecule has 1 aromatic carbocycles. The molecular weight excluding hydrogens is 651 g/mol. The summed E-state index contributed by atoms with van der Waals surface area (Å²) in [5, 5.41) is 12.8. The van der Waals surface area contributed by atoms with E-state index in [9.17, 15) is 31.5 Å². The molecule has 1 atom stereocenters. The first kappa shape index (κ1) is 32.6. The highest BCUT2D eigenvalue weighted by atomic mass is 35.5. The number of halogens is 6. The molecule has 0 radical (unpaired) electrons. The van der Waals surface area contributed by atoms with Crippen molar-refractivity contribution in [2.45, 2.75) is 31.6 Å². The zero-order valence-electron chi connectivity index (χ0n) is 24.8. The smallest absolute Gasteiger partial charge is 0.351 e. The van der Waals surface area contributed by atoms with Gasteiger partial charge in [-0.3, -0.25) is 23.6 Å². The van der Waals surface area contributed by atoms with Crippen molar-refractivity contribution >= 4 is 40.6 Å². The first-order chi connectivity index (χ1) is 22.5. The van der Waals surface area contributed by atoms with Crippen molar-refractivity contribution < 1.29 is 31.5 Å². The number of nitrogens with zero attached hydrogens (tertiary/aromatic N) is 7. The van der Waals surface area contributed by atoms with E-state index in [1.807, 2.05) is 4.90 Å². The third kappa shape index (κ3) is 7.31. The molecule has 5 heterocycles. The van der Waals surface area contributed by atoms with Crippen LogP contribution >= 0.6 is 11.6 Å². The summed E-state index contributed by atoms with van der Waals surface area (Å²) in [7, 11) is 0. The van der Waals surface area contributed by atoms with Crippen LogP contribution < -0.4 is 16.0 Å². The average Bonchev–Trinajstić information content (AvgIpc) is 3.77. The first-order valence-electron chi connectivity index (χ1n) is 14.8. The summed E-state index contributed by atoms with van der Waals surface area (Å²) in [5.74, 6) is -0.117. The maximum absolute atomic E-state index is 13.8. The number of fused-ring (bicyclic) bond motifs is 1. The van der Waals surface area contributed by atoms with Gasteiger partial charge in [-0.1, -0.05) is 11.6 Å². The van der Waals surface area contributed by atoms with E-state index in [2.05, 4.69) is 31.0 Å². The van der Waals surface area contributed by atoms with Crippen LogP contribution in [0.3, 0.4) is 0 Å². The summed E-state index contributed by atoms with van der Waals surface area (Å²) in [5.41, 5.74) is -0.886. The molecule has 2 aliphatic heterocycles. The van der Waals surface area contributed by atoms with Gasteiger partial charge in [0.05, 0.1) is 34.6 Å².